The van der Waals surface area contributed by atoms with Crippen molar-refractivity contribution in [2.24, 2.45) is 5.92 Å². The van der Waals surface area contributed by atoms with E-state index in [2.05, 4.69) is 12.2 Å². The molecular formula is C23H27N3O4. The van der Waals surface area contributed by atoms with Crippen LogP contribution in [0.4, 0.5) is 0 Å². The van der Waals surface area contributed by atoms with Crippen LogP contribution in [0, 0.1) is 5.92 Å². The molecule has 7 heteroatoms. The van der Waals surface area contributed by atoms with Crippen LogP contribution in [0.15, 0.2) is 36.5 Å². The molecule has 1 fully saturated rings. The predicted octanol–water partition coefficient (Wildman–Crippen LogP) is 3.00. The Morgan fingerprint density at radius 2 is 1.93 bits per heavy atom. The van der Waals surface area contributed by atoms with E-state index in [0.717, 1.165) is 36.9 Å². The summed E-state index contributed by atoms with van der Waals surface area (Å²) in [6, 6.07) is 9.05. The lowest BCUT2D eigenvalue weighted by atomic mass is 9.87. The van der Waals surface area contributed by atoms with Crippen molar-refractivity contribution in [2.75, 3.05) is 6.79 Å². The van der Waals surface area contributed by atoms with Crippen LogP contribution in [0.3, 0.4) is 0 Å². The number of hydrogen-bond acceptors (Lipinski definition) is 4. The average molecular weight is 409 g/mol. The van der Waals surface area contributed by atoms with Crippen LogP contribution < -0.4 is 14.8 Å². The molecule has 0 bridgehead atoms. The molecule has 3 heterocycles. The van der Waals surface area contributed by atoms with E-state index in [-0.39, 0.29) is 31.2 Å². The molecular weight excluding hydrogens is 382 g/mol. The fourth-order valence-electron chi connectivity index (χ4n) is 4.74. The summed E-state index contributed by atoms with van der Waals surface area (Å²) in [5.41, 5.74) is 1.77. The molecule has 0 saturated heterocycles. The van der Waals surface area contributed by atoms with Crippen molar-refractivity contribution in [1.29, 1.82) is 0 Å². The number of ether oxygens (including phenoxy) is 2. The number of fused-ring (bicyclic) bond motifs is 2. The van der Waals surface area contributed by atoms with E-state index in [1.807, 2.05) is 41.1 Å². The largest absolute Gasteiger partial charge is 0.454 e. The number of hydrogen-bond donors (Lipinski definition) is 1. The molecule has 0 radical (unpaired) electrons. The zero-order valence-corrected chi connectivity index (χ0v) is 17.2. The molecule has 30 heavy (non-hydrogen) atoms. The first kappa shape index (κ1) is 19.0. The summed E-state index contributed by atoms with van der Waals surface area (Å²) < 4.78 is 12.7. The predicted molar refractivity (Wildman–Crippen MR) is 110 cm³/mol. The number of benzene rings is 1. The van der Waals surface area contributed by atoms with Gasteiger partial charge >= 0.3 is 0 Å². The second-order valence-electron chi connectivity index (χ2n) is 8.64. The normalized spacial score (nSPS) is 25.2. The van der Waals surface area contributed by atoms with Crippen molar-refractivity contribution >= 4 is 11.8 Å². The van der Waals surface area contributed by atoms with Gasteiger partial charge in [0.1, 0.15) is 6.54 Å². The van der Waals surface area contributed by atoms with Gasteiger partial charge in [0, 0.05) is 18.8 Å². The van der Waals surface area contributed by atoms with E-state index in [1.165, 1.54) is 0 Å². The maximum absolute atomic E-state index is 13.4. The Labute approximate surface area is 175 Å². The molecule has 1 aromatic carbocycles. The molecule has 1 atom stereocenters. The maximum atomic E-state index is 13.4. The molecule has 2 aromatic rings. The van der Waals surface area contributed by atoms with Crippen molar-refractivity contribution in [2.45, 2.75) is 57.8 Å². The Bertz CT molecular complexity index is 961. The van der Waals surface area contributed by atoms with Crippen LogP contribution in [0.25, 0.3) is 0 Å². The monoisotopic (exact) mass is 409 g/mol. The van der Waals surface area contributed by atoms with Gasteiger partial charge in [-0.3, -0.25) is 9.59 Å². The highest BCUT2D eigenvalue weighted by Crippen LogP contribution is 2.35. The van der Waals surface area contributed by atoms with Gasteiger partial charge < -0.3 is 24.3 Å². The topological polar surface area (TPSA) is 72.8 Å². The van der Waals surface area contributed by atoms with Gasteiger partial charge in [-0.2, -0.15) is 0 Å². The first-order chi connectivity index (χ1) is 14.6. The number of nitrogens with zero attached hydrogens (tertiary/aromatic N) is 2. The minimum absolute atomic E-state index is 0.0613. The number of carbonyl (C=O) groups is 2. The highest BCUT2D eigenvalue weighted by atomic mass is 16.7. The van der Waals surface area contributed by atoms with Crippen LogP contribution in [0.1, 0.15) is 49.9 Å². The third kappa shape index (κ3) is 3.53. The minimum atomic E-state index is -0.633. The minimum Gasteiger partial charge on any atom is -0.454 e. The summed E-state index contributed by atoms with van der Waals surface area (Å²) in [6.07, 6.45) is 6.12. The van der Waals surface area contributed by atoms with Crippen molar-refractivity contribution in [3.05, 3.63) is 47.8 Å². The average Bonchev–Trinajstić information content (AvgIpc) is 3.38. The number of aromatic nitrogens is 1. The second kappa shape index (κ2) is 7.70. The lowest BCUT2D eigenvalue weighted by Gasteiger charge is -2.37. The highest BCUT2D eigenvalue weighted by molar-refractivity contribution is 5.90. The molecule has 0 unspecified atom stereocenters. The van der Waals surface area contributed by atoms with E-state index in [9.17, 15) is 9.59 Å². The van der Waals surface area contributed by atoms with Gasteiger partial charge in [-0.05, 0) is 61.4 Å². The van der Waals surface area contributed by atoms with Crippen molar-refractivity contribution < 1.29 is 19.1 Å². The number of carbonyl (C=O) groups excluding carboxylic acids is 2. The zero-order valence-electron chi connectivity index (χ0n) is 17.2. The summed E-state index contributed by atoms with van der Waals surface area (Å²) in [4.78, 5) is 28.1. The molecule has 1 aromatic heterocycles. The van der Waals surface area contributed by atoms with E-state index < -0.39 is 6.04 Å². The number of nitrogens with one attached hydrogen (secondary N) is 1. The molecule has 2 aliphatic heterocycles. The summed E-state index contributed by atoms with van der Waals surface area (Å²) >= 11 is 0. The quantitative estimate of drug-likeness (QED) is 0.843. The standard InChI is InChI=1S/C23H27N3O4/c1-15-4-7-17(8-5-15)24-23(28)22-18-3-2-10-25(18)13-21(27)26(22)12-16-6-9-19-20(11-16)30-14-29-19/h2-3,6,9-11,15,17,22H,4-5,7-8,12-14H2,1H3,(H,24,28)/t15?,17?,22-/m1/s1. The lowest BCUT2D eigenvalue weighted by molar-refractivity contribution is -0.144. The van der Waals surface area contributed by atoms with Gasteiger partial charge in [0.15, 0.2) is 17.5 Å². The van der Waals surface area contributed by atoms with Gasteiger partial charge in [0.2, 0.25) is 18.6 Å². The molecule has 3 aliphatic rings. The Morgan fingerprint density at radius 3 is 2.77 bits per heavy atom. The summed E-state index contributed by atoms with van der Waals surface area (Å²) in [5.74, 6) is 1.95. The SMILES string of the molecule is CC1CCC(NC(=O)[C@H]2c3cccn3CC(=O)N2Cc2ccc3c(c2)OCO3)CC1. The lowest BCUT2D eigenvalue weighted by Crippen LogP contribution is -2.50. The molecule has 7 nitrogen and oxygen atoms in total. The van der Waals surface area contributed by atoms with E-state index in [1.54, 1.807) is 4.90 Å². The Morgan fingerprint density at radius 1 is 1.13 bits per heavy atom. The molecule has 1 saturated carbocycles. The van der Waals surface area contributed by atoms with Crippen molar-refractivity contribution in [1.82, 2.24) is 14.8 Å². The Balaban J connectivity index is 1.39. The van der Waals surface area contributed by atoms with E-state index >= 15 is 0 Å². The van der Waals surface area contributed by atoms with Gasteiger partial charge in [0.25, 0.3) is 0 Å². The second-order valence-corrected chi connectivity index (χ2v) is 8.64. The van der Waals surface area contributed by atoms with Gasteiger partial charge in [-0.15, -0.1) is 0 Å². The first-order valence-electron chi connectivity index (χ1n) is 10.7. The van der Waals surface area contributed by atoms with Gasteiger partial charge in [0.05, 0.1) is 5.69 Å². The highest BCUT2D eigenvalue weighted by Gasteiger charge is 2.38. The van der Waals surface area contributed by atoms with Crippen LogP contribution in [-0.2, 0) is 22.7 Å². The van der Waals surface area contributed by atoms with E-state index in [4.69, 9.17) is 9.47 Å². The van der Waals surface area contributed by atoms with Crippen molar-refractivity contribution in [3.8, 4) is 11.5 Å². The van der Waals surface area contributed by atoms with Crippen LogP contribution in [0.5, 0.6) is 11.5 Å². The Hall–Kier alpha value is -2.96. The van der Waals surface area contributed by atoms with E-state index in [0.29, 0.717) is 24.0 Å². The summed E-state index contributed by atoms with van der Waals surface area (Å²) in [5, 5.41) is 3.23. The smallest absolute Gasteiger partial charge is 0.249 e. The first-order valence-corrected chi connectivity index (χ1v) is 10.7. The van der Waals surface area contributed by atoms with Gasteiger partial charge in [-0.25, -0.2) is 0 Å². The molecule has 1 aliphatic carbocycles. The number of amides is 2. The van der Waals surface area contributed by atoms with Crippen LogP contribution in [0.2, 0.25) is 0 Å². The number of rotatable bonds is 4. The molecule has 1 N–H and O–H groups in total. The van der Waals surface area contributed by atoms with Crippen molar-refractivity contribution in [3.63, 3.8) is 0 Å². The maximum Gasteiger partial charge on any atom is 0.249 e. The van der Waals surface area contributed by atoms with Crippen LogP contribution >= 0.6 is 0 Å². The summed E-state index contributed by atoms with van der Waals surface area (Å²) in [6.45, 7) is 3.07. The van der Waals surface area contributed by atoms with Crippen LogP contribution in [-0.4, -0.2) is 34.1 Å². The fraction of sp³-hybridized carbons (Fsp3) is 0.478. The summed E-state index contributed by atoms with van der Waals surface area (Å²) in [7, 11) is 0. The molecule has 0 spiro atoms. The van der Waals surface area contributed by atoms with Gasteiger partial charge in [-0.1, -0.05) is 13.0 Å². The zero-order chi connectivity index (χ0) is 20.7. The third-order valence-corrected chi connectivity index (χ3v) is 6.48. The third-order valence-electron chi connectivity index (χ3n) is 6.48. The molecule has 2 amide bonds. The molecule has 158 valence electrons. The molecule has 5 rings (SSSR count). The Kier molecular flexibility index (Phi) is 4.89. The fourth-order valence-corrected chi connectivity index (χ4v) is 4.74.